The standard InChI is InChI=1S/C20H20N4O/c21-12-16-4-3-6-18(10-16)24-15-20(11-19(24)25)7-9-23(14-20)13-17-5-1-2-8-22-17/h1-6,8,10H,7,9,11,13-15H2/t20-/m1/s1. The highest BCUT2D eigenvalue weighted by Crippen LogP contribution is 2.42. The van der Waals surface area contributed by atoms with Gasteiger partial charge in [0, 0.05) is 43.4 Å². The molecule has 2 saturated heterocycles. The van der Waals surface area contributed by atoms with Crippen LogP contribution in [-0.2, 0) is 11.3 Å². The van der Waals surface area contributed by atoms with Crippen LogP contribution in [0.4, 0.5) is 5.69 Å². The number of hydrogen-bond acceptors (Lipinski definition) is 4. The van der Waals surface area contributed by atoms with Gasteiger partial charge in [-0.3, -0.25) is 14.7 Å². The van der Waals surface area contributed by atoms with E-state index >= 15 is 0 Å². The number of nitrogens with zero attached hydrogens (tertiary/aromatic N) is 4. The Morgan fingerprint density at radius 2 is 2.12 bits per heavy atom. The molecule has 0 saturated carbocycles. The fourth-order valence-corrected chi connectivity index (χ4v) is 4.03. The van der Waals surface area contributed by atoms with E-state index in [0.717, 1.165) is 44.0 Å². The molecule has 1 amide bonds. The third-order valence-electron chi connectivity index (χ3n) is 5.24. The summed E-state index contributed by atoms with van der Waals surface area (Å²) in [5.41, 5.74) is 2.52. The van der Waals surface area contributed by atoms with Crippen LogP contribution in [0.25, 0.3) is 0 Å². The Morgan fingerprint density at radius 1 is 1.20 bits per heavy atom. The summed E-state index contributed by atoms with van der Waals surface area (Å²) in [6.07, 6.45) is 3.44. The smallest absolute Gasteiger partial charge is 0.227 e. The number of benzene rings is 1. The van der Waals surface area contributed by atoms with Gasteiger partial charge in [-0.05, 0) is 43.3 Å². The maximum absolute atomic E-state index is 12.6. The topological polar surface area (TPSA) is 60.2 Å². The van der Waals surface area contributed by atoms with Crippen LogP contribution < -0.4 is 4.90 Å². The summed E-state index contributed by atoms with van der Waals surface area (Å²) in [6, 6.07) is 15.5. The first-order valence-corrected chi connectivity index (χ1v) is 8.60. The summed E-state index contributed by atoms with van der Waals surface area (Å²) < 4.78 is 0. The molecule has 1 spiro atoms. The first-order valence-electron chi connectivity index (χ1n) is 8.60. The molecule has 1 atom stereocenters. The summed E-state index contributed by atoms with van der Waals surface area (Å²) in [7, 11) is 0. The minimum Gasteiger partial charge on any atom is -0.312 e. The van der Waals surface area contributed by atoms with E-state index in [9.17, 15) is 4.79 Å². The molecule has 0 N–H and O–H groups in total. The summed E-state index contributed by atoms with van der Waals surface area (Å²) in [6.45, 7) is 3.49. The van der Waals surface area contributed by atoms with Crippen LogP contribution in [0, 0.1) is 16.7 Å². The van der Waals surface area contributed by atoms with Crippen molar-refractivity contribution in [2.24, 2.45) is 5.41 Å². The van der Waals surface area contributed by atoms with Crippen LogP contribution in [0.2, 0.25) is 0 Å². The highest BCUT2D eigenvalue weighted by atomic mass is 16.2. The predicted octanol–water partition coefficient (Wildman–Crippen LogP) is 2.58. The molecule has 2 aliphatic heterocycles. The van der Waals surface area contributed by atoms with Crippen molar-refractivity contribution in [2.45, 2.75) is 19.4 Å². The summed E-state index contributed by atoms with van der Waals surface area (Å²) >= 11 is 0. The van der Waals surface area contributed by atoms with Gasteiger partial charge >= 0.3 is 0 Å². The number of carbonyl (C=O) groups is 1. The van der Waals surface area contributed by atoms with E-state index in [1.165, 1.54) is 0 Å². The molecule has 2 aromatic rings. The third-order valence-corrected chi connectivity index (χ3v) is 5.24. The Balaban J connectivity index is 1.47. The molecule has 3 heterocycles. The molecule has 0 radical (unpaired) electrons. The van der Waals surface area contributed by atoms with Gasteiger partial charge in [0.15, 0.2) is 0 Å². The van der Waals surface area contributed by atoms with Crippen LogP contribution in [0.15, 0.2) is 48.7 Å². The Morgan fingerprint density at radius 3 is 2.92 bits per heavy atom. The Bertz CT molecular complexity index is 829. The van der Waals surface area contributed by atoms with Crippen molar-refractivity contribution in [3.63, 3.8) is 0 Å². The number of hydrogen-bond donors (Lipinski definition) is 0. The Hall–Kier alpha value is -2.71. The fourth-order valence-electron chi connectivity index (χ4n) is 4.03. The SMILES string of the molecule is N#Cc1cccc(N2C[C@]3(CCN(Cc4ccccn4)C3)CC2=O)c1. The number of rotatable bonds is 3. The maximum atomic E-state index is 12.6. The molecule has 5 heteroatoms. The van der Waals surface area contributed by atoms with Crippen molar-refractivity contribution >= 4 is 11.6 Å². The first-order chi connectivity index (χ1) is 12.2. The summed E-state index contributed by atoms with van der Waals surface area (Å²) in [5, 5.41) is 9.08. The fraction of sp³-hybridized carbons (Fsp3) is 0.350. The predicted molar refractivity (Wildman–Crippen MR) is 94.7 cm³/mol. The molecule has 1 aromatic carbocycles. The molecular weight excluding hydrogens is 312 g/mol. The molecule has 0 aliphatic carbocycles. The van der Waals surface area contributed by atoms with Gasteiger partial charge in [0.1, 0.15) is 0 Å². The van der Waals surface area contributed by atoms with E-state index in [2.05, 4.69) is 16.0 Å². The zero-order valence-electron chi connectivity index (χ0n) is 14.1. The van der Waals surface area contributed by atoms with Crippen LogP contribution >= 0.6 is 0 Å². The van der Waals surface area contributed by atoms with Crippen molar-refractivity contribution in [1.82, 2.24) is 9.88 Å². The quantitative estimate of drug-likeness (QED) is 0.867. The normalized spacial score (nSPS) is 23.3. The molecule has 25 heavy (non-hydrogen) atoms. The zero-order valence-corrected chi connectivity index (χ0v) is 14.1. The maximum Gasteiger partial charge on any atom is 0.227 e. The van der Waals surface area contributed by atoms with Crippen molar-refractivity contribution in [3.05, 3.63) is 59.9 Å². The lowest BCUT2D eigenvalue weighted by Crippen LogP contribution is -2.31. The van der Waals surface area contributed by atoms with Gasteiger partial charge in [0.25, 0.3) is 0 Å². The van der Waals surface area contributed by atoms with Crippen molar-refractivity contribution < 1.29 is 4.79 Å². The molecule has 2 fully saturated rings. The second-order valence-electron chi connectivity index (χ2n) is 7.10. The van der Waals surface area contributed by atoms with Crippen LogP contribution in [0.1, 0.15) is 24.1 Å². The molecule has 0 unspecified atom stereocenters. The number of pyridine rings is 1. The van der Waals surface area contributed by atoms with E-state index in [0.29, 0.717) is 12.0 Å². The second-order valence-corrected chi connectivity index (χ2v) is 7.10. The monoisotopic (exact) mass is 332 g/mol. The van der Waals surface area contributed by atoms with Gasteiger partial charge in [-0.1, -0.05) is 12.1 Å². The van der Waals surface area contributed by atoms with E-state index in [4.69, 9.17) is 5.26 Å². The minimum atomic E-state index is 0.0223. The third kappa shape index (κ3) is 3.13. The average Bonchev–Trinajstić information content (AvgIpc) is 3.18. The van der Waals surface area contributed by atoms with Crippen LogP contribution in [0.5, 0.6) is 0 Å². The van der Waals surface area contributed by atoms with Crippen LogP contribution in [0.3, 0.4) is 0 Å². The van der Waals surface area contributed by atoms with Gasteiger partial charge in [-0.15, -0.1) is 0 Å². The number of aromatic nitrogens is 1. The lowest BCUT2D eigenvalue weighted by Gasteiger charge is -2.24. The molecule has 5 nitrogen and oxygen atoms in total. The van der Waals surface area contributed by atoms with Gasteiger partial charge in [0.05, 0.1) is 17.3 Å². The number of nitriles is 1. The molecule has 2 aliphatic rings. The van der Waals surface area contributed by atoms with E-state index in [1.807, 2.05) is 41.4 Å². The molecule has 1 aromatic heterocycles. The Kier molecular flexibility index (Phi) is 3.98. The highest BCUT2D eigenvalue weighted by Gasteiger charge is 2.47. The minimum absolute atomic E-state index is 0.0223. The molecule has 4 rings (SSSR count). The van der Waals surface area contributed by atoms with Gasteiger partial charge in [-0.2, -0.15) is 5.26 Å². The van der Waals surface area contributed by atoms with Crippen molar-refractivity contribution in [1.29, 1.82) is 5.26 Å². The van der Waals surface area contributed by atoms with Crippen LogP contribution in [-0.4, -0.2) is 35.4 Å². The first kappa shape index (κ1) is 15.8. The number of carbonyl (C=O) groups excluding carboxylic acids is 1. The molecule has 126 valence electrons. The van der Waals surface area contributed by atoms with E-state index in [-0.39, 0.29) is 11.3 Å². The largest absolute Gasteiger partial charge is 0.312 e. The second kappa shape index (κ2) is 6.30. The van der Waals surface area contributed by atoms with Gasteiger partial charge in [-0.25, -0.2) is 0 Å². The number of likely N-dealkylation sites (tertiary alicyclic amines) is 1. The summed E-state index contributed by atoms with van der Waals surface area (Å²) in [5.74, 6) is 0.162. The summed E-state index contributed by atoms with van der Waals surface area (Å²) in [4.78, 5) is 21.3. The van der Waals surface area contributed by atoms with Gasteiger partial charge < -0.3 is 4.90 Å². The van der Waals surface area contributed by atoms with E-state index < -0.39 is 0 Å². The number of amides is 1. The molecule has 0 bridgehead atoms. The van der Waals surface area contributed by atoms with Crippen molar-refractivity contribution in [2.75, 3.05) is 24.5 Å². The highest BCUT2D eigenvalue weighted by molar-refractivity contribution is 5.96. The van der Waals surface area contributed by atoms with Crippen molar-refractivity contribution in [3.8, 4) is 6.07 Å². The lowest BCUT2D eigenvalue weighted by molar-refractivity contribution is -0.117. The molecular formula is C20H20N4O. The van der Waals surface area contributed by atoms with Gasteiger partial charge in [0.2, 0.25) is 5.91 Å². The zero-order chi connectivity index (χ0) is 17.3. The average molecular weight is 332 g/mol. The Labute approximate surface area is 147 Å². The lowest BCUT2D eigenvalue weighted by atomic mass is 9.86. The van der Waals surface area contributed by atoms with E-state index in [1.54, 1.807) is 12.1 Å². The number of anilines is 1.